The number of nitrogens with zero attached hydrogens (tertiary/aromatic N) is 3. The number of benzene rings is 2. The van der Waals surface area contributed by atoms with Crippen LogP contribution in [-0.2, 0) is 11.3 Å². The predicted octanol–water partition coefficient (Wildman–Crippen LogP) is 3.21. The number of anilines is 1. The molecule has 3 atom stereocenters. The minimum absolute atomic E-state index is 0.0710. The summed E-state index contributed by atoms with van der Waals surface area (Å²) in [5.74, 6) is 0.408. The van der Waals surface area contributed by atoms with Gasteiger partial charge in [0.1, 0.15) is 23.4 Å². The highest BCUT2D eigenvalue weighted by Gasteiger charge is 2.31. The minimum atomic E-state index is -0.495. The number of nitrogens with one attached hydrogen (secondary N) is 2. The van der Waals surface area contributed by atoms with Gasteiger partial charge in [0.25, 0.3) is 0 Å². The molecule has 0 unspecified atom stereocenters. The van der Waals surface area contributed by atoms with Crippen molar-refractivity contribution in [1.29, 1.82) is 0 Å². The van der Waals surface area contributed by atoms with Gasteiger partial charge >= 0.3 is 6.03 Å². The van der Waals surface area contributed by atoms with Gasteiger partial charge in [0, 0.05) is 17.8 Å². The van der Waals surface area contributed by atoms with Gasteiger partial charge in [-0.25, -0.2) is 9.18 Å². The van der Waals surface area contributed by atoms with Crippen molar-refractivity contribution in [3.05, 3.63) is 60.5 Å². The number of amides is 2. The van der Waals surface area contributed by atoms with Gasteiger partial charge in [0.15, 0.2) is 0 Å². The van der Waals surface area contributed by atoms with Crippen molar-refractivity contribution in [1.82, 2.24) is 20.3 Å². The summed E-state index contributed by atoms with van der Waals surface area (Å²) in [6, 6.07) is 12.5. The van der Waals surface area contributed by atoms with Gasteiger partial charge in [-0.3, -0.25) is 4.68 Å². The second kappa shape index (κ2) is 11.1. The van der Waals surface area contributed by atoms with Crippen molar-refractivity contribution in [2.45, 2.75) is 44.1 Å². The molecule has 1 fully saturated rings. The largest absolute Gasteiger partial charge is 0.497 e. The van der Waals surface area contributed by atoms with Crippen LogP contribution in [0.2, 0.25) is 0 Å². The molecule has 2 aromatic carbocycles. The third-order valence-electron chi connectivity index (χ3n) is 5.82. The number of aliphatic hydroxyl groups excluding tert-OH is 1. The molecule has 2 amide bonds. The van der Waals surface area contributed by atoms with Crippen LogP contribution >= 0.6 is 0 Å². The molecule has 3 aromatic rings. The number of rotatable bonds is 8. The highest BCUT2D eigenvalue weighted by molar-refractivity contribution is 5.89. The fourth-order valence-electron chi connectivity index (χ4n) is 3.96. The van der Waals surface area contributed by atoms with Gasteiger partial charge in [0.2, 0.25) is 0 Å². The van der Waals surface area contributed by atoms with E-state index in [1.165, 1.54) is 12.1 Å². The summed E-state index contributed by atoms with van der Waals surface area (Å²) in [7, 11) is 1.58. The predicted molar refractivity (Wildman–Crippen MR) is 124 cm³/mol. The van der Waals surface area contributed by atoms with Crippen LogP contribution in [0, 0.1) is 5.82 Å². The zero-order chi connectivity index (χ0) is 23.9. The van der Waals surface area contributed by atoms with E-state index in [9.17, 15) is 14.3 Å². The van der Waals surface area contributed by atoms with Gasteiger partial charge in [-0.1, -0.05) is 5.21 Å². The van der Waals surface area contributed by atoms with E-state index in [1.807, 2.05) is 6.20 Å². The molecule has 0 aliphatic carbocycles. The van der Waals surface area contributed by atoms with Crippen LogP contribution in [0.3, 0.4) is 0 Å². The molecule has 1 aliphatic rings. The second-order valence-corrected chi connectivity index (χ2v) is 8.15. The topological polar surface area (TPSA) is 111 Å². The lowest BCUT2D eigenvalue weighted by Gasteiger charge is -2.36. The second-order valence-electron chi connectivity index (χ2n) is 8.15. The normalized spacial score (nSPS) is 20.0. The lowest BCUT2D eigenvalue weighted by atomic mass is 9.97. The molecular formula is C24H28FN5O4. The van der Waals surface area contributed by atoms with Crippen molar-refractivity contribution >= 4 is 11.7 Å². The van der Waals surface area contributed by atoms with Crippen molar-refractivity contribution in [2.24, 2.45) is 0 Å². The Hall–Kier alpha value is -3.50. The van der Waals surface area contributed by atoms with Crippen molar-refractivity contribution < 1.29 is 23.8 Å². The number of hydrogen-bond donors (Lipinski definition) is 3. The van der Waals surface area contributed by atoms with E-state index in [2.05, 4.69) is 20.9 Å². The Bertz CT molecular complexity index is 1070. The van der Waals surface area contributed by atoms with Crippen LogP contribution in [0.1, 0.15) is 19.3 Å². The molecule has 3 N–H and O–H groups in total. The highest BCUT2D eigenvalue weighted by Crippen LogP contribution is 2.23. The summed E-state index contributed by atoms with van der Waals surface area (Å²) in [6.45, 7) is 0.398. The van der Waals surface area contributed by atoms with E-state index >= 15 is 0 Å². The summed E-state index contributed by atoms with van der Waals surface area (Å²) in [5, 5.41) is 23.8. The number of carbonyl (C=O) groups is 1. The molecule has 10 heteroatoms. The number of halogens is 1. The lowest BCUT2D eigenvalue weighted by molar-refractivity contribution is -0.0905. The first kappa shape index (κ1) is 23.7. The van der Waals surface area contributed by atoms with Gasteiger partial charge in [-0.2, -0.15) is 0 Å². The summed E-state index contributed by atoms with van der Waals surface area (Å²) < 4.78 is 26.0. The molecule has 1 aromatic heterocycles. The molecule has 4 rings (SSSR count). The van der Waals surface area contributed by atoms with Crippen LogP contribution < -0.4 is 15.4 Å². The smallest absolute Gasteiger partial charge is 0.319 e. The lowest BCUT2D eigenvalue weighted by Crippen LogP contribution is -2.52. The quantitative estimate of drug-likeness (QED) is 0.467. The Morgan fingerprint density at radius 2 is 1.97 bits per heavy atom. The van der Waals surface area contributed by atoms with Gasteiger partial charge < -0.3 is 25.2 Å². The zero-order valence-corrected chi connectivity index (χ0v) is 18.9. The first-order valence-corrected chi connectivity index (χ1v) is 11.2. The number of urea groups is 1. The van der Waals surface area contributed by atoms with Crippen molar-refractivity contribution in [2.75, 3.05) is 19.0 Å². The Balaban J connectivity index is 1.25. The maximum absolute atomic E-state index is 13.1. The third-order valence-corrected chi connectivity index (χ3v) is 5.82. The number of aliphatic hydroxyl groups is 1. The molecular weight excluding hydrogens is 441 g/mol. The van der Waals surface area contributed by atoms with Gasteiger partial charge in [0.05, 0.1) is 32.1 Å². The van der Waals surface area contributed by atoms with E-state index < -0.39 is 6.10 Å². The van der Waals surface area contributed by atoms with E-state index in [-0.39, 0.29) is 30.6 Å². The molecule has 0 bridgehead atoms. The van der Waals surface area contributed by atoms with Crippen LogP contribution in [-0.4, -0.2) is 58.1 Å². The first-order valence-electron chi connectivity index (χ1n) is 11.2. The average molecular weight is 470 g/mol. The Kier molecular flexibility index (Phi) is 7.71. The third kappa shape index (κ3) is 6.09. The fourth-order valence-corrected chi connectivity index (χ4v) is 3.96. The maximum Gasteiger partial charge on any atom is 0.319 e. The standard InChI is InChI=1S/C24H28FN5O4/c1-33-19-8-6-18(7-9-19)26-24(32)27-21-11-10-20(34-23(21)15-31)12-13-30-14-22(28-29-30)16-2-4-17(25)5-3-16/h2-9,14,20-21,23,31H,10-13,15H2,1H3,(H2,26,27,32)/t20-,21-,23-/m1/s1. The molecule has 2 heterocycles. The molecule has 0 spiro atoms. The summed E-state index contributed by atoms with van der Waals surface area (Å²) in [4.78, 5) is 12.4. The zero-order valence-electron chi connectivity index (χ0n) is 18.9. The molecule has 1 saturated heterocycles. The van der Waals surface area contributed by atoms with E-state index in [1.54, 1.807) is 48.2 Å². The Morgan fingerprint density at radius 3 is 2.68 bits per heavy atom. The van der Waals surface area contributed by atoms with E-state index in [0.29, 0.717) is 36.5 Å². The molecule has 9 nitrogen and oxygen atoms in total. The average Bonchev–Trinajstić information content (AvgIpc) is 3.33. The molecule has 0 saturated carbocycles. The first-order chi connectivity index (χ1) is 16.5. The Morgan fingerprint density at radius 1 is 1.21 bits per heavy atom. The minimum Gasteiger partial charge on any atom is -0.497 e. The summed E-state index contributed by atoms with van der Waals surface area (Å²) in [5.41, 5.74) is 2.11. The van der Waals surface area contributed by atoms with Crippen LogP contribution in [0.25, 0.3) is 11.3 Å². The summed E-state index contributed by atoms with van der Waals surface area (Å²) >= 11 is 0. The monoisotopic (exact) mass is 469 g/mol. The maximum atomic E-state index is 13.1. The van der Waals surface area contributed by atoms with Crippen LogP contribution in [0.15, 0.2) is 54.7 Å². The highest BCUT2D eigenvalue weighted by atomic mass is 19.1. The van der Waals surface area contributed by atoms with Crippen LogP contribution in [0.4, 0.5) is 14.9 Å². The fraction of sp³-hybridized carbons (Fsp3) is 0.375. The van der Waals surface area contributed by atoms with Crippen molar-refractivity contribution in [3.8, 4) is 17.0 Å². The summed E-state index contributed by atoms with van der Waals surface area (Å²) in [6.07, 6.45) is 3.36. The number of methoxy groups -OCH3 is 1. The van der Waals surface area contributed by atoms with Gasteiger partial charge in [-0.15, -0.1) is 5.10 Å². The van der Waals surface area contributed by atoms with E-state index in [0.717, 1.165) is 12.0 Å². The number of aromatic nitrogens is 3. The molecule has 34 heavy (non-hydrogen) atoms. The van der Waals surface area contributed by atoms with Crippen LogP contribution in [0.5, 0.6) is 5.75 Å². The SMILES string of the molecule is COc1ccc(NC(=O)N[C@@H]2CC[C@H](CCn3cc(-c4ccc(F)cc4)nn3)O[C@@H]2CO)cc1. The molecule has 180 valence electrons. The number of hydrogen-bond acceptors (Lipinski definition) is 6. The van der Waals surface area contributed by atoms with E-state index in [4.69, 9.17) is 9.47 Å². The molecule has 1 aliphatic heterocycles. The Labute approximate surface area is 196 Å². The van der Waals surface area contributed by atoms with Gasteiger partial charge in [-0.05, 0) is 67.8 Å². The number of carbonyl (C=O) groups excluding carboxylic acids is 1. The molecule has 0 radical (unpaired) electrons. The number of aryl methyl sites for hydroxylation is 1. The number of ether oxygens (including phenoxy) is 2. The van der Waals surface area contributed by atoms with Crippen molar-refractivity contribution in [3.63, 3.8) is 0 Å².